The molecule has 0 aliphatic carbocycles. The van der Waals surface area contributed by atoms with Crippen LogP contribution in [0.25, 0.3) is 0 Å². The smallest absolute Gasteiger partial charge is 0.125 e. The largest absolute Gasteiger partial charge is 0.400 e. The van der Waals surface area contributed by atoms with Gasteiger partial charge in [0.15, 0.2) is 0 Å². The van der Waals surface area contributed by atoms with Gasteiger partial charge < -0.3 is 20.1 Å². The summed E-state index contributed by atoms with van der Waals surface area (Å²) in [6.07, 6.45) is 14.5. The minimum atomic E-state index is -0.583. The quantitative estimate of drug-likeness (QED) is 0.126. The van der Waals surface area contributed by atoms with E-state index in [1.165, 1.54) is 57.8 Å². The second kappa shape index (κ2) is 24.5. The third-order valence-electron chi connectivity index (χ3n) is 4.95. The molecule has 4 N–H and O–H groups in total. The summed E-state index contributed by atoms with van der Waals surface area (Å²) in [5, 5.41) is 34.1. The van der Waals surface area contributed by atoms with Crippen LogP contribution in [0.3, 0.4) is 0 Å². The van der Waals surface area contributed by atoms with E-state index in [2.05, 4.69) is 6.92 Å². The SMILES string of the molecule is CCCCCCCCCCCC[N+](C)(O)CCCC(O)C(C)C=O.CO.CO. The number of hydroxylamine groups is 3. The van der Waals surface area contributed by atoms with Gasteiger partial charge in [0.1, 0.15) is 19.4 Å². The number of carbonyl (C=O) groups excluding carboxylic acids is 1. The van der Waals surface area contributed by atoms with Crippen LogP contribution in [-0.2, 0) is 4.79 Å². The van der Waals surface area contributed by atoms with Crippen LogP contribution in [0, 0.1) is 5.92 Å². The first-order chi connectivity index (χ1) is 13.4. The molecule has 0 aromatic heterocycles. The average Bonchev–Trinajstić information content (AvgIpc) is 2.71. The highest BCUT2D eigenvalue weighted by Gasteiger charge is 2.20. The molecule has 0 heterocycles. The number of unbranched alkanes of at least 4 members (excludes halogenated alkanes) is 9. The monoisotopic (exact) mass is 408 g/mol. The number of rotatable bonds is 17. The first-order valence-electron chi connectivity index (χ1n) is 11.0. The van der Waals surface area contributed by atoms with Gasteiger partial charge >= 0.3 is 0 Å². The van der Waals surface area contributed by atoms with Crippen molar-refractivity contribution >= 4 is 6.29 Å². The molecule has 6 nitrogen and oxygen atoms in total. The van der Waals surface area contributed by atoms with E-state index in [1.807, 2.05) is 7.05 Å². The lowest BCUT2D eigenvalue weighted by Crippen LogP contribution is -2.42. The van der Waals surface area contributed by atoms with Crippen molar-refractivity contribution in [1.29, 1.82) is 0 Å². The van der Waals surface area contributed by atoms with Crippen LogP contribution in [0.1, 0.15) is 90.9 Å². The summed E-state index contributed by atoms with van der Waals surface area (Å²) < 4.78 is 0.0270. The predicted octanol–water partition coefficient (Wildman–Crippen LogP) is 3.94. The third-order valence-corrected chi connectivity index (χ3v) is 4.95. The Kier molecular flexibility index (Phi) is 28.1. The van der Waals surface area contributed by atoms with Crippen LogP contribution < -0.4 is 0 Å². The highest BCUT2D eigenvalue weighted by atomic mass is 16.5. The van der Waals surface area contributed by atoms with Gasteiger partial charge in [-0.05, 0) is 19.3 Å². The average molecular weight is 409 g/mol. The van der Waals surface area contributed by atoms with Gasteiger partial charge in [0.2, 0.25) is 0 Å². The van der Waals surface area contributed by atoms with E-state index in [-0.39, 0.29) is 10.6 Å². The number of hydrogen-bond acceptors (Lipinski definition) is 5. The van der Waals surface area contributed by atoms with Crippen molar-refractivity contribution in [2.24, 2.45) is 5.92 Å². The Morgan fingerprint density at radius 1 is 0.786 bits per heavy atom. The molecule has 3 atom stereocenters. The van der Waals surface area contributed by atoms with Gasteiger partial charge in [-0.3, -0.25) is 0 Å². The zero-order valence-corrected chi connectivity index (χ0v) is 19.3. The van der Waals surface area contributed by atoms with Gasteiger partial charge in [-0.1, -0.05) is 65.2 Å². The Labute approximate surface area is 174 Å². The molecule has 172 valence electrons. The molecule has 0 rings (SSSR count). The summed E-state index contributed by atoms with van der Waals surface area (Å²) in [6, 6.07) is 0. The minimum Gasteiger partial charge on any atom is -0.400 e. The van der Waals surface area contributed by atoms with Crippen molar-refractivity contribution in [3.05, 3.63) is 0 Å². The van der Waals surface area contributed by atoms with Crippen LogP contribution in [-0.4, -0.2) is 71.9 Å². The lowest BCUT2D eigenvalue weighted by atomic mass is 10.0. The molecule has 0 amide bonds. The first-order valence-corrected chi connectivity index (χ1v) is 11.0. The van der Waals surface area contributed by atoms with E-state index >= 15 is 0 Å². The fourth-order valence-electron chi connectivity index (χ4n) is 3.05. The Morgan fingerprint density at radius 2 is 1.18 bits per heavy atom. The summed E-state index contributed by atoms with van der Waals surface area (Å²) in [4.78, 5) is 10.6. The van der Waals surface area contributed by atoms with Crippen molar-refractivity contribution < 1.29 is 30.0 Å². The summed E-state index contributed by atoms with van der Waals surface area (Å²) in [5.41, 5.74) is 0. The summed E-state index contributed by atoms with van der Waals surface area (Å²) >= 11 is 0. The van der Waals surface area contributed by atoms with Crippen LogP contribution in [0.5, 0.6) is 0 Å². The molecule has 0 aromatic carbocycles. The van der Waals surface area contributed by atoms with Gasteiger partial charge in [0.05, 0.1) is 13.2 Å². The normalized spacial score (nSPS) is 14.6. The highest BCUT2D eigenvalue weighted by Crippen LogP contribution is 2.13. The van der Waals surface area contributed by atoms with Crippen molar-refractivity contribution in [3.8, 4) is 0 Å². The van der Waals surface area contributed by atoms with Crippen LogP contribution in [0.15, 0.2) is 0 Å². The number of carbonyl (C=O) groups is 1. The second-order valence-electron chi connectivity index (χ2n) is 7.67. The molecular weight excluding hydrogens is 358 g/mol. The van der Waals surface area contributed by atoms with Gasteiger partial charge in [0, 0.05) is 26.6 Å². The maximum atomic E-state index is 10.6. The molecule has 0 aromatic rings. The Balaban J connectivity index is -0.00000146. The molecule has 28 heavy (non-hydrogen) atoms. The second-order valence-corrected chi connectivity index (χ2v) is 7.67. The summed E-state index contributed by atoms with van der Waals surface area (Å²) in [6.45, 7) is 5.39. The number of aliphatic hydroxyl groups is 3. The number of quaternary nitrogens is 1. The minimum absolute atomic E-state index is 0.0270. The van der Waals surface area contributed by atoms with E-state index in [1.54, 1.807) is 6.92 Å². The Morgan fingerprint density at radius 3 is 1.61 bits per heavy atom. The standard InChI is InChI=1S/C20H42NO3.2CH4O/c1-4-5-6-7-8-9-10-11-12-13-16-21(3,24)17-14-15-20(23)19(2)18-22;2*1-2/h18-20,23-24H,4-17H2,1-3H3;2*2H,1H3/q+1;;. The zero-order chi connectivity index (χ0) is 22.3. The molecular formula is C22H50NO5+. The number of aldehydes is 1. The number of hydrogen-bond donors (Lipinski definition) is 4. The molecule has 0 aliphatic heterocycles. The fraction of sp³-hybridized carbons (Fsp3) is 0.955. The molecule has 0 fully saturated rings. The van der Waals surface area contributed by atoms with Crippen molar-refractivity contribution in [2.75, 3.05) is 34.4 Å². The molecule has 0 saturated heterocycles. The number of nitrogens with zero attached hydrogens (tertiary/aromatic N) is 1. The third kappa shape index (κ3) is 23.5. The first kappa shape index (κ1) is 32.1. The van der Waals surface area contributed by atoms with Crippen molar-refractivity contribution in [1.82, 2.24) is 0 Å². The maximum absolute atomic E-state index is 10.6. The molecule has 3 unspecified atom stereocenters. The van der Waals surface area contributed by atoms with Gasteiger partial charge in [-0.2, -0.15) is 4.65 Å². The van der Waals surface area contributed by atoms with Gasteiger partial charge in [-0.25, -0.2) is 5.21 Å². The number of aliphatic hydroxyl groups excluding tert-OH is 3. The van der Waals surface area contributed by atoms with Gasteiger partial charge in [0.25, 0.3) is 0 Å². The topological polar surface area (TPSA) is 98.0 Å². The lowest BCUT2D eigenvalue weighted by Gasteiger charge is -2.26. The van der Waals surface area contributed by atoms with Crippen LogP contribution in [0.4, 0.5) is 0 Å². The van der Waals surface area contributed by atoms with E-state index in [9.17, 15) is 15.1 Å². The molecule has 0 radical (unpaired) electrons. The lowest BCUT2D eigenvalue weighted by molar-refractivity contribution is -1.09. The molecule has 0 saturated carbocycles. The predicted molar refractivity (Wildman–Crippen MR) is 116 cm³/mol. The molecule has 0 bridgehead atoms. The van der Waals surface area contributed by atoms with E-state index < -0.39 is 6.10 Å². The highest BCUT2D eigenvalue weighted by molar-refractivity contribution is 5.53. The summed E-state index contributed by atoms with van der Waals surface area (Å²) in [5.74, 6) is -0.315. The van der Waals surface area contributed by atoms with E-state index in [4.69, 9.17) is 10.2 Å². The molecule has 0 spiro atoms. The summed E-state index contributed by atoms with van der Waals surface area (Å²) in [7, 11) is 3.84. The van der Waals surface area contributed by atoms with Crippen molar-refractivity contribution in [2.45, 2.75) is 97.0 Å². The van der Waals surface area contributed by atoms with E-state index in [0.717, 1.165) is 39.9 Å². The Bertz CT molecular complexity index is 301. The molecule has 0 aliphatic rings. The van der Waals surface area contributed by atoms with E-state index in [0.29, 0.717) is 13.0 Å². The van der Waals surface area contributed by atoms with Crippen molar-refractivity contribution in [3.63, 3.8) is 0 Å². The molecule has 6 heteroatoms. The fourth-order valence-corrected chi connectivity index (χ4v) is 3.05. The van der Waals surface area contributed by atoms with Gasteiger partial charge in [-0.15, -0.1) is 0 Å². The zero-order valence-electron chi connectivity index (χ0n) is 19.3. The Hall–Kier alpha value is -0.530. The maximum Gasteiger partial charge on any atom is 0.125 e. The van der Waals surface area contributed by atoms with Crippen LogP contribution in [0.2, 0.25) is 0 Å². The van der Waals surface area contributed by atoms with Crippen LogP contribution >= 0.6 is 0 Å².